The second-order valence-electron chi connectivity index (χ2n) is 5.29. The smallest absolute Gasteiger partial charge is 0.119 e. The highest BCUT2D eigenvalue weighted by Gasteiger charge is 2.15. The van der Waals surface area contributed by atoms with Crippen LogP contribution in [-0.4, -0.2) is 13.2 Å². The van der Waals surface area contributed by atoms with Crippen LogP contribution in [0.25, 0.3) is 0 Å². The number of nitrogens with one attached hydrogen (secondary N) is 1. The first kappa shape index (κ1) is 13.4. The van der Waals surface area contributed by atoms with Crippen LogP contribution in [0.5, 0.6) is 5.75 Å². The molecular weight excluding hydrogens is 222 g/mol. The quantitative estimate of drug-likeness (QED) is 0.741. The van der Waals surface area contributed by atoms with Gasteiger partial charge in [-0.3, -0.25) is 0 Å². The van der Waals surface area contributed by atoms with Gasteiger partial charge in [0.2, 0.25) is 0 Å². The van der Waals surface area contributed by atoms with E-state index in [9.17, 15) is 0 Å². The van der Waals surface area contributed by atoms with Gasteiger partial charge in [0.25, 0.3) is 0 Å². The lowest BCUT2D eigenvalue weighted by atomic mass is 10.1. The molecular formula is C16H25NO. The van der Waals surface area contributed by atoms with E-state index in [1.807, 2.05) is 0 Å². The molecule has 0 unspecified atom stereocenters. The van der Waals surface area contributed by atoms with E-state index in [-0.39, 0.29) is 0 Å². The van der Waals surface area contributed by atoms with Gasteiger partial charge in [-0.05, 0) is 49.4 Å². The highest BCUT2D eigenvalue weighted by Crippen LogP contribution is 2.25. The summed E-state index contributed by atoms with van der Waals surface area (Å²) in [7, 11) is 0. The summed E-state index contributed by atoms with van der Waals surface area (Å²) in [4.78, 5) is 0. The average Bonchev–Trinajstić information content (AvgIpc) is 2.90. The number of benzene rings is 1. The van der Waals surface area contributed by atoms with Crippen molar-refractivity contribution in [3.8, 4) is 5.75 Å². The maximum absolute atomic E-state index is 5.91. The Morgan fingerprint density at radius 2 is 2.11 bits per heavy atom. The van der Waals surface area contributed by atoms with Crippen molar-refractivity contribution in [3.63, 3.8) is 0 Å². The fourth-order valence-corrected chi connectivity index (χ4v) is 2.55. The molecule has 2 rings (SSSR count). The Morgan fingerprint density at radius 1 is 1.28 bits per heavy atom. The van der Waals surface area contributed by atoms with Gasteiger partial charge in [-0.2, -0.15) is 0 Å². The van der Waals surface area contributed by atoms with Crippen LogP contribution in [0.3, 0.4) is 0 Å². The standard InChI is InChI=1S/C16H25NO/c1-2-10-17-12-15-8-5-9-16(11-15)18-13-14-6-3-4-7-14/h5,8-9,11,14,17H,2-4,6-7,10,12-13H2,1H3. The molecule has 0 heterocycles. The minimum atomic E-state index is 0.784. The molecule has 2 heteroatoms. The first-order valence-electron chi connectivity index (χ1n) is 7.31. The Kier molecular flexibility index (Phi) is 5.53. The first-order valence-corrected chi connectivity index (χ1v) is 7.31. The number of rotatable bonds is 7. The average molecular weight is 247 g/mol. The molecule has 1 aliphatic rings. The fourth-order valence-electron chi connectivity index (χ4n) is 2.55. The second kappa shape index (κ2) is 7.42. The van der Waals surface area contributed by atoms with E-state index in [1.165, 1.54) is 37.7 Å². The molecule has 0 amide bonds. The van der Waals surface area contributed by atoms with Crippen LogP contribution in [0.1, 0.15) is 44.6 Å². The molecule has 1 N–H and O–H groups in total. The van der Waals surface area contributed by atoms with Crippen molar-refractivity contribution in [2.75, 3.05) is 13.2 Å². The highest BCUT2D eigenvalue weighted by molar-refractivity contribution is 5.28. The van der Waals surface area contributed by atoms with E-state index >= 15 is 0 Å². The van der Waals surface area contributed by atoms with Crippen molar-refractivity contribution >= 4 is 0 Å². The lowest BCUT2D eigenvalue weighted by Crippen LogP contribution is -2.14. The fraction of sp³-hybridized carbons (Fsp3) is 0.625. The molecule has 0 saturated heterocycles. The highest BCUT2D eigenvalue weighted by atomic mass is 16.5. The summed E-state index contributed by atoms with van der Waals surface area (Å²) in [5.41, 5.74) is 1.31. The van der Waals surface area contributed by atoms with E-state index < -0.39 is 0 Å². The Morgan fingerprint density at radius 3 is 2.89 bits per heavy atom. The third-order valence-corrected chi connectivity index (χ3v) is 3.61. The molecule has 0 radical (unpaired) electrons. The largest absolute Gasteiger partial charge is 0.493 e. The zero-order chi connectivity index (χ0) is 12.6. The molecule has 1 saturated carbocycles. The number of ether oxygens (including phenoxy) is 1. The van der Waals surface area contributed by atoms with Crippen LogP contribution in [0.2, 0.25) is 0 Å². The van der Waals surface area contributed by atoms with Gasteiger partial charge < -0.3 is 10.1 Å². The van der Waals surface area contributed by atoms with E-state index in [4.69, 9.17) is 4.74 Å². The van der Waals surface area contributed by atoms with Crippen LogP contribution in [0, 0.1) is 5.92 Å². The van der Waals surface area contributed by atoms with Crippen molar-refractivity contribution in [3.05, 3.63) is 29.8 Å². The third kappa shape index (κ3) is 4.34. The van der Waals surface area contributed by atoms with Crippen molar-refractivity contribution < 1.29 is 4.74 Å². The molecule has 1 aromatic carbocycles. The Hall–Kier alpha value is -1.02. The predicted molar refractivity (Wildman–Crippen MR) is 75.9 cm³/mol. The second-order valence-corrected chi connectivity index (χ2v) is 5.29. The lowest BCUT2D eigenvalue weighted by Gasteiger charge is -2.12. The number of hydrogen-bond donors (Lipinski definition) is 1. The summed E-state index contributed by atoms with van der Waals surface area (Å²) < 4.78 is 5.91. The molecule has 100 valence electrons. The summed E-state index contributed by atoms with van der Waals surface area (Å²) in [6.07, 6.45) is 6.64. The van der Waals surface area contributed by atoms with E-state index in [1.54, 1.807) is 0 Å². The van der Waals surface area contributed by atoms with E-state index in [0.29, 0.717) is 0 Å². The van der Waals surface area contributed by atoms with Gasteiger partial charge >= 0.3 is 0 Å². The van der Waals surface area contributed by atoms with Crippen molar-refractivity contribution in [2.24, 2.45) is 5.92 Å². The monoisotopic (exact) mass is 247 g/mol. The topological polar surface area (TPSA) is 21.3 Å². The molecule has 0 atom stereocenters. The minimum absolute atomic E-state index is 0.784. The normalized spacial score (nSPS) is 16.1. The Balaban J connectivity index is 1.78. The summed E-state index contributed by atoms with van der Waals surface area (Å²) in [5.74, 6) is 1.81. The van der Waals surface area contributed by atoms with Gasteiger partial charge in [0.1, 0.15) is 5.75 Å². The molecule has 0 bridgehead atoms. The van der Waals surface area contributed by atoms with Crippen LogP contribution < -0.4 is 10.1 Å². The maximum Gasteiger partial charge on any atom is 0.119 e. The lowest BCUT2D eigenvalue weighted by molar-refractivity contribution is 0.252. The van der Waals surface area contributed by atoms with Crippen LogP contribution in [-0.2, 0) is 6.54 Å². The number of hydrogen-bond acceptors (Lipinski definition) is 2. The predicted octanol–water partition coefficient (Wildman–Crippen LogP) is 3.76. The van der Waals surface area contributed by atoms with Gasteiger partial charge in [-0.25, -0.2) is 0 Å². The van der Waals surface area contributed by atoms with E-state index in [2.05, 4.69) is 36.5 Å². The first-order chi connectivity index (χ1) is 8.88. The van der Waals surface area contributed by atoms with Gasteiger partial charge in [0.15, 0.2) is 0 Å². The molecule has 1 aromatic rings. The zero-order valence-corrected chi connectivity index (χ0v) is 11.5. The van der Waals surface area contributed by atoms with Gasteiger partial charge in [0, 0.05) is 6.54 Å². The molecule has 0 aromatic heterocycles. The summed E-state index contributed by atoms with van der Waals surface area (Å²) in [5, 5.41) is 3.42. The molecule has 2 nitrogen and oxygen atoms in total. The summed E-state index contributed by atoms with van der Waals surface area (Å²) >= 11 is 0. The molecule has 1 fully saturated rings. The minimum Gasteiger partial charge on any atom is -0.493 e. The Labute approximate surface area is 111 Å². The van der Waals surface area contributed by atoms with Crippen LogP contribution in [0.15, 0.2) is 24.3 Å². The summed E-state index contributed by atoms with van der Waals surface area (Å²) in [6.45, 7) is 5.10. The van der Waals surface area contributed by atoms with Gasteiger partial charge in [-0.1, -0.05) is 31.9 Å². The zero-order valence-electron chi connectivity index (χ0n) is 11.5. The molecule has 0 spiro atoms. The van der Waals surface area contributed by atoms with Crippen molar-refractivity contribution in [2.45, 2.75) is 45.6 Å². The summed E-state index contributed by atoms with van der Waals surface area (Å²) in [6, 6.07) is 8.48. The van der Waals surface area contributed by atoms with Crippen LogP contribution >= 0.6 is 0 Å². The Bertz CT molecular complexity index is 345. The van der Waals surface area contributed by atoms with E-state index in [0.717, 1.165) is 31.4 Å². The van der Waals surface area contributed by atoms with Gasteiger partial charge in [-0.15, -0.1) is 0 Å². The molecule has 0 aliphatic heterocycles. The SMILES string of the molecule is CCCNCc1cccc(OCC2CCCC2)c1. The third-order valence-electron chi connectivity index (χ3n) is 3.61. The van der Waals surface area contributed by atoms with Crippen molar-refractivity contribution in [1.82, 2.24) is 5.32 Å². The molecule has 1 aliphatic carbocycles. The van der Waals surface area contributed by atoms with Crippen molar-refractivity contribution in [1.29, 1.82) is 0 Å². The van der Waals surface area contributed by atoms with Gasteiger partial charge in [0.05, 0.1) is 6.61 Å². The van der Waals surface area contributed by atoms with Crippen LogP contribution in [0.4, 0.5) is 0 Å². The molecule has 18 heavy (non-hydrogen) atoms. The maximum atomic E-state index is 5.91.